The topological polar surface area (TPSA) is 85.9 Å². The normalized spacial score (nSPS) is 24.2. The molecule has 3 aromatic rings. The van der Waals surface area contributed by atoms with Crippen molar-refractivity contribution in [3.63, 3.8) is 0 Å². The lowest BCUT2D eigenvalue weighted by Gasteiger charge is -2.32. The summed E-state index contributed by atoms with van der Waals surface area (Å²) in [5.41, 5.74) is 9.69. The van der Waals surface area contributed by atoms with Crippen LogP contribution >= 0.6 is 10.6 Å². The molecule has 8 heteroatoms. The minimum Gasteiger partial charge on any atom is -0.366 e. The first-order valence-electron chi connectivity index (χ1n) is 10.5. The summed E-state index contributed by atoms with van der Waals surface area (Å²) in [5, 5.41) is 0.976. The number of hydrogen-bond acceptors (Lipinski definition) is 6. The molecule has 1 fully saturated rings. The van der Waals surface area contributed by atoms with Gasteiger partial charge in [-0.15, -0.1) is 0 Å². The minimum absolute atomic E-state index is 0.244. The third-order valence-electron chi connectivity index (χ3n) is 6.29. The molecule has 2 aliphatic rings. The second-order valence-electron chi connectivity index (χ2n) is 8.46. The van der Waals surface area contributed by atoms with Crippen LogP contribution < -0.4 is 15.5 Å². The van der Waals surface area contributed by atoms with Gasteiger partial charge in [0.2, 0.25) is 0 Å². The van der Waals surface area contributed by atoms with Gasteiger partial charge >= 0.3 is 0 Å². The van der Waals surface area contributed by atoms with Gasteiger partial charge in [-0.3, -0.25) is 9.11 Å². The SMILES string of the molecule is Cc1cccc2c(N3CC(N)C(F)C3)cc(N3CCS(O)(O)c4ccccc4C3)nc12. The van der Waals surface area contributed by atoms with Crippen LogP contribution in [0.5, 0.6) is 0 Å². The first-order chi connectivity index (χ1) is 14.8. The lowest BCUT2D eigenvalue weighted by Crippen LogP contribution is -2.30. The predicted molar refractivity (Wildman–Crippen MR) is 125 cm³/mol. The summed E-state index contributed by atoms with van der Waals surface area (Å²) < 4.78 is 35.6. The fourth-order valence-electron chi connectivity index (χ4n) is 4.55. The van der Waals surface area contributed by atoms with Gasteiger partial charge in [0, 0.05) is 36.8 Å². The summed E-state index contributed by atoms with van der Waals surface area (Å²) in [7, 11) is -2.86. The van der Waals surface area contributed by atoms with Gasteiger partial charge < -0.3 is 15.5 Å². The zero-order chi connectivity index (χ0) is 21.8. The Morgan fingerprint density at radius 1 is 1.10 bits per heavy atom. The van der Waals surface area contributed by atoms with E-state index < -0.39 is 22.8 Å². The number of aromatic nitrogens is 1. The molecule has 1 saturated heterocycles. The van der Waals surface area contributed by atoms with E-state index in [1.165, 1.54) is 0 Å². The molecule has 2 unspecified atom stereocenters. The molecule has 0 bridgehead atoms. The van der Waals surface area contributed by atoms with Crippen molar-refractivity contribution in [2.24, 2.45) is 5.73 Å². The van der Waals surface area contributed by atoms with Gasteiger partial charge in [0.25, 0.3) is 0 Å². The van der Waals surface area contributed by atoms with Crippen molar-refractivity contribution >= 4 is 33.0 Å². The van der Waals surface area contributed by atoms with E-state index in [4.69, 9.17) is 10.7 Å². The van der Waals surface area contributed by atoms with Gasteiger partial charge in [-0.05, 0) is 24.1 Å². The van der Waals surface area contributed by atoms with Crippen molar-refractivity contribution in [1.29, 1.82) is 0 Å². The number of halogens is 1. The van der Waals surface area contributed by atoms with Crippen molar-refractivity contribution in [3.8, 4) is 0 Å². The van der Waals surface area contributed by atoms with Crippen molar-refractivity contribution in [1.82, 2.24) is 4.98 Å². The molecule has 31 heavy (non-hydrogen) atoms. The zero-order valence-corrected chi connectivity index (χ0v) is 18.2. The van der Waals surface area contributed by atoms with Crippen molar-refractivity contribution in [2.75, 3.05) is 35.2 Å². The number of aryl methyl sites for hydroxylation is 1. The summed E-state index contributed by atoms with van der Waals surface area (Å²) in [4.78, 5) is 9.65. The largest absolute Gasteiger partial charge is 0.366 e. The smallest absolute Gasteiger partial charge is 0.134 e. The quantitative estimate of drug-likeness (QED) is 0.553. The molecule has 6 nitrogen and oxygen atoms in total. The number of rotatable bonds is 2. The first-order valence-corrected chi connectivity index (χ1v) is 12.2. The maximum Gasteiger partial charge on any atom is 0.134 e. The van der Waals surface area contributed by atoms with Crippen LogP contribution in [0.2, 0.25) is 0 Å². The molecule has 4 N–H and O–H groups in total. The third-order valence-corrected chi connectivity index (χ3v) is 8.15. The Morgan fingerprint density at radius 2 is 1.90 bits per heavy atom. The van der Waals surface area contributed by atoms with Crippen LogP contribution in [-0.2, 0) is 6.54 Å². The maximum atomic E-state index is 14.2. The van der Waals surface area contributed by atoms with Crippen LogP contribution in [0.1, 0.15) is 11.1 Å². The van der Waals surface area contributed by atoms with Gasteiger partial charge in [0.15, 0.2) is 0 Å². The highest BCUT2D eigenvalue weighted by Gasteiger charge is 2.32. The van der Waals surface area contributed by atoms with E-state index in [9.17, 15) is 13.5 Å². The number of alkyl halides is 1. The molecule has 0 aliphatic carbocycles. The molecule has 0 saturated carbocycles. The highest BCUT2D eigenvalue weighted by atomic mass is 32.3. The predicted octanol–water partition coefficient (Wildman–Crippen LogP) is 4.16. The van der Waals surface area contributed by atoms with E-state index in [0.29, 0.717) is 24.5 Å². The van der Waals surface area contributed by atoms with Crippen LogP contribution in [0.4, 0.5) is 15.9 Å². The van der Waals surface area contributed by atoms with Crippen LogP contribution in [0.25, 0.3) is 10.9 Å². The van der Waals surface area contributed by atoms with E-state index in [1.807, 2.05) is 54.3 Å². The average Bonchev–Trinajstić information content (AvgIpc) is 3.01. The second kappa shape index (κ2) is 7.63. The number of pyridine rings is 1. The Hall–Kier alpha value is -2.39. The van der Waals surface area contributed by atoms with Crippen LogP contribution in [0.3, 0.4) is 0 Å². The summed E-state index contributed by atoms with van der Waals surface area (Å²) in [6, 6.07) is 15.0. The number of nitrogens with two attached hydrogens (primary N) is 1. The maximum absolute atomic E-state index is 14.2. The van der Waals surface area contributed by atoms with E-state index in [0.717, 1.165) is 33.5 Å². The summed E-state index contributed by atoms with van der Waals surface area (Å²) in [6.07, 6.45) is -1.06. The first kappa shape index (κ1) is 20.5. The molecule has 5 rings (SSSR count). The molecular weight excluding hydrogens is 415 g/mol. The average molecular weight is 443 g/mol. The molecule has 2 aliphatic heterocycles. The molecule has 1 aromatic heterocycles. The molecule has 0 radical (unpaired) electrons. The molecule has 0 amide bonds. The Labute approximate surface area is 182 Å². The monoisotopic (exact) mass is 442 g/mol. The van der Waals surface area contributed by atoms with Gasteiger partial charge in [-0.25, -0.2) is 9.37 Å². The van der Waals surface area contributed by atoms with E-state index in [2.05, 4.69) is 4.90 Å². The Kier molecular flexibility index (Phi) is 5.05. The number of nitrogens with zero attached hydrogens (tertiary/aromatic N) is 3. The fraction of sp³-hybridized carbons (Fsp3) is 0.348. The van der Waals surface area contributed by atoms with Crippen molar-refractivity contribution in [3.05, 3.63) is 59.7 Å². The Balaban J connectivity index is 1.62. The van der Waals surface area contributed by atoms with E-state index >= 15 is 0 Å². The van der Waals surface area contributed by atoms with Crippen LogP contribution in [-0.4, -0.2) is 51.7 Å². The number of anilines is 2. The van der Waals surface area contributed by atoms with Crippen molar-refractivity contribution < 1.29 is 13.5 Å². The Bertz CT molecular complexity index is 1130. The summed E-state index contributed by atoms with van der Waals surface area (Å²) in [5.74, 6) is 0.994. The summed E-state index contributed by atoms with van der Waals surface area (Å²) >= 11 is 0. The van der Waals surface area contributed by atoms with Gasteiger partial charge in [-0.1, -0.05) is 36.4 Å². The molecular formula is C23H27FN4O2S. The molecule has 0 spiro atoms. The number of para-hydroxylation sites is 1. The molecule has 164 valence electrons. The number of hydrogen-bond donors (Lipinski definition) is 3. The number of fused-ring (bicyclic) bond motifs is 2. The molecule has 2 atom stereocenters. The highest BCUT2D eigenvalue weighted by Crippen LogP contribution is 2.51. The highest BCUT2D eigenvalue weighted by molar-refractivity contribution is 8.24. The third kappa shape index (κ3) is 3.63. The number of benzene rings is 2. The second-order valence-corrected chi connectivity index (χ2v) is 10.6. The van der Waals surface area contributed by atoms with E-state index in [-0.39, 0.29) is 12.3 Å². The van der Waals surface area contributed by atoms with Crippen LogP contribution in [0.15, 0.2) is 53.4 Å². The lowest BCUT2D eigenvalue weighted by molar-refractivity contribution is 0.333. The summed E-state index contributed by atoms with van der Waals surface area (Å²) in [6.45, 7) is 3.73. The van der Waals surface area contributed by atoms with Gasteiger partial charge in [0.1, 0.15) is 12.0 Å². The van der Waals surface area contributed by atoms with Gasteiger partial charge in [-0.2, -0.15) is 10.6 Å². The van der Waals surface area contributed by atoms with Gasteiger partial charge in [0.05, 0.1) is 28.8 Å². The Morgan fingerprint density at radius 3 is 2.68 bits per heavy atom. The van der Waals surface area contributed by atoms with E-state index in [1.54, 1.807) is 6.07 Å². The van der Waals surface area contributed by atoms with Crippen LogP contribution in [0, 0.1) is 6.92 Å². The van der Waals surface area contributed by atoms with Crippen molar-refractivity contribution in [2.45, 2.75) is 30.6 Å². The lowest BCUT2D eigenvalue weighted by atomic mass is 10.1. The fourth-order valence-corrected chi connectivity index (χ4v) is 6.10. The molecule has 2 aromatic carbocycles. The molecule has 3 heterocycles. The zero-order valence-electron chi connectivity index (χ0n) is 17.4. The minimum atomic E-state index is -2.86. The standard InChI is InChI=1S/C23H27FN4O2S/c1-15-5-4-7-17-20(28-13-18(24)19(25)14-28)11-22(26-23(15)17)27-9-10-31(29,30)21-8-3-2-6-16(21)12-27/h2-8,11,18-19,29-30H,9-10,12-14,25H2,1H3.